The Kier molecular flexibility index (Phi) is 4.87. The number of hydrogen-bond acceptors (Lipinski definition) is 4. The van der Waals surface area contributed by atoms with Crippen molar-refractivity contribution in [2.45, 2.75) is 32.7 Å². The van der Waals surface area contributed by atoms with Crippen LogP contribution in [0, 0.1) is 6.92 Å². The minimum absolute atomic E-state index is 0.0141. The van der Waals surface area contributed by atoms with Crippen molar-refractivity contribution in [3.05, 3.63) is 53.3 Å². The summed E-state index contributed by atoms with van der Waals surface area (Å²) in [4.78, 5) is 19.2. The van der Waals surface area contributed by atoms with Gasteiger partial charge in [0.25, 0.3) is 0 Å². The maximum absolute atomic E-state index is 11.0. The van der Waals surface area contributed by atoms with E-state index < -0.39 is 5.97 Å². The predicted molar refractivity (Wildman–Crippen MR) is 81.6 cm³/mol. The average Bonchev–Trinajstić information content (AvgIpc) is 2.45. The zero-order chi connectivity index (χ0) is 15.2. The summed E-state index contributed by atoms with van der Waals surface area (Å²) in [6, 6.07) is 11.9. The molecule has 0 radical (unpaired) electrons. The number of carboxylic acids is 1. The van der Waals surface area contributed by atoms with E-state index in [9.17, 15) is 4.79 Å². The largest absolute Gasteiger partial charge is 0.477 e. The second kappa shape index (κ2) is 6.83. The van der Waals surface area contributed by atoms with Gasteiger partial charge < -0.3 is 10.4 Å². The summed E-state index contributed by atoms with van der Waals surface area (Å²) >= 11 is 0. The van der Waals surface area contributed by atoms with Crippen LogP contribution in [0.1, 0.15) is 35.1 Å². The molecule has 1 unspecified atom stereocenters. The highest BCUT2D eigenvalue weighted by atomic mass is 16.4. The van der Waals surface area contributed by atoms with E-state index in [2.05, 4.69) is 27.4 Å². The van der Waals surface area contributed by atoms with Crippen LogP contribution in [0.15, 0.2) is 36.4 Å². The number of benzene rings is 1. The number of hydrogen-bond donors (Lipinski definition) is 2. The lowest BCUT2D eigenvalue weighted by Crippen LogP contribution is -2.19. The van der Waals surface area contributed by atoms with Gasteiger partial charge in [-0.1, -0.05) is 30.3 Å². The smallest absolute Gasteiger partial charge is 0.354 e. The Morgan fingerprint density at radius 1 is 1.29 bits per heavy atom. The number of rotatable bonds is 6. The average molecular weight is 285 g/mol. The Hall–Kier alpha value is -2.43. The maximum atomic E-state index is 11.0. The van der Waals surface area contributed by atoms with Gasteiger partial charge in [-0.05, 0) is 38.3 Å². The van der Waals surface area contributed by atoms with Crippen molar-refractivity contribution in [1.29, 1.82) is 0 Å². The summed E-state index contributed by atoms with van der Waals surface area (Å²) < 4.78 is 0. The first-order valence-electron chi connectivity index (χ1n) is 6.94. The van der Waals surface area contributed by atoms with Crippen LogP contribution < -0.4 is 5.32 Å². The third kappa shape index (κ3) is 4.56. The van der Waals surface area contributed by atoms with Gasteiger partial charge in [-0.3, -0.25) is 0 Å². The Balaban J connectivity index is 1.96. The van der Waals surface area contributed by atoms with E-state index in [1.54, 1.807) is 6.92 Å². The molecule has 0 amide bonds. The first-order chi connectivity index (χ1) is 10.0. The normalized spacial score (nSPS) is 11.9. The van der Waals surface area contributed by atoms with Crippen molar-refractivity contribution >= 4 is 11.9 Å². The molecule has 1 heterocycles. The molecule has 0 aliphatic rings. The van der Waals surface area contributed by atoms with E-state index >= 15 is 0 Å². The summed E-state index contributed by atoms with van der Waals surface area (Å²) in [5.74, 6) is -0.673. The molecule has 5 heteroatoms. The molecule has 110 valence electrons. The highest BCUT2D eigenvalue weighted by molar-refractivity contribution is 5.85. The van der Waals surface area contributed by atoms with Crippen molar-refractivity contribution < 1.29 is 9.90 Å². The van der Waals surface area contributed by atoms with Gasteiger partial charge in [0.15, 0.2) is 5.69 Å². The molecule has 21 heavy (non-hydrogen) atoms. The van der Waals surface area contributed by atoms with Crippen molar-refractivity contribution in [2.75, 3.05) is 5.32 Å². The Labute approximate surface area is 124 Å². The predicted octanol–water partition coefficient (Wildman–Crippen LogP) is 2.92. The quantitative estimate of drug-likeness (QED) is 0.853. The van der Waals surface area contributed by atoms with Gasteiger partial charge in [-0.15, -0.1) is 0 Å². The molecule has 0 fully saturated rings. The molecule has 0 spiro atoms. The van der Waals surface area contributed by atoms with Crippen molar-refractivity contribution in [2.24, 2.45) is 0 Å². The van der Waals surface area contributed by atoms with E-state index in [1.807, 2.05) is 25.1 Å². The molecule has 2 N–H and O–H groups in total. The van der Waals surface area contributed by atoms with Crippen molar-refractivity contribution in [3.8, 4) is 0 Å². The molecule has 5 nitrogen and oxygen atoms in total. The number of nitrogens with one attached hydrogen (secondary N) is 1. The molecule has 1 aromatic heterocycles. The molecule has 1 aromatic carbocycles. The molecule has 1 atom stereocenters. The van der Waals surface area contributed by atoms with Crippen LogP contribution in [0.3, 0.4) is 0 Å². The minimum atomic E-state index is -1.04. The number of aromatic nitrogens is 2. The third-order valence-electron chi connectivity index (χ3n) is 3.16. The Morgan fingerprint density at radius 2 is 2.00 bits per heavy atom. The highest BCUT2D eigenvalue weighted by Crippen LogP contribution is 2.10. The second-order valence-electron chi connectivity index (χ2n) is 5.09. The fourth-order valence-electron chi connectivity index (χ4n) is 2.06. The number of nitrogens with zero attached hydrogens (tertiary/aromatic N) is 2. The van der Waals surface area contributed by atoms with Gasteiger partial charge in [-0.2, -0.15) is 0 Å². The van der Waals surface area contributed by atoms with Gasteiger partial charge in [0.1, 0.15) is 0 Å². The molecule has 2 aromatic rings. The van der Waals surface area contributed by atoms with E-state index in [4.69, 9.17) is 5.11 Å². The summed E-state index contributed by atoms with van der Waals surface area (Å²) in [7, 11) is 0. The Morgan fingerprint density at radius 3 is 2.67 bits per heavy atom. The number of carboxylic acid groups (broad SMARTS) is 1. The summed E-state index contributed by atoms with van der Waals surface area (Å²) in [6.07, 6.45) is 1.87. The van der Waals surface area contributed by atoms with Crippen molar-refractivity contribution in [1.82, 2.24) is 9.97 Å². The van der Waals surface area contributed by atoms with Gasteiger partial charge in [-0.25, -0.2) is 14.8 Å². The first-order valence-corrected chi connectivity index (χ1v) is 6.94. The molecule has 0 bridgehead atoms. The lowest BCUT2D eigenvalue weighted by Gasteiger charge is -2.14. The summed E-state index contributed by atoms with van der Waals surface area (Å²) in [6.45, 7) is 3.79. The molecular weight excluding hydrogens is 266 g/mol. The number of aromatic carboxylic acids is 1. The van der Waals surface area contributed by atoms with Gasteiger partial charge in [0.05, 0.1) is 0 Å². The van der Waals surface area contributed by atoms with E-state index in [1.165, 1.54) is 11.6 Å². The topological polar surface area (TPSA) is 75.1 Å². The maximum Gasteiger partial charge on any atom is 0.354 e. The van der Waals surface area contributed by atoms with E-state index in [-0.39, 0.29) is 11.7 Å². The number of anilines is 1. The standard InChI is InChI=1S/C16H19N3O2/c1-11(8-9-13-6-4-3-5-7-13)17-16-18-12(2)10-14(19-16)15(20)21/h3-7,10-11H,8-9H2,1-2H3,(H,20,21)(H,17,18,19). The van der Waals surface area contributed by atoms with Crippen LogP contribution in [0.2, 0.25) is 0 Å². The lowest BCUT2D eigenvalue weighted by molar-refractivity contribution is 0.0690. The zero-order valence-corrected chi connectivity index (χ0v) is 12.2. The zero-order valence-electron chi connectivity index (χ0n) is 12.2. The van der Waals surface area contributed by atoms with Crippen LogP contribution in [0.4, 0.5) is 5.95 Å². The fourth-order valence-corrected chi connectivity index (χ4v) is 2.06. The van der Waals surface area contributed by atoms with Gasteiger partial charge in [0.2, 0.25) is 5.95 Å². The molecule has 0 saturated carbocycles. The summed E-state index contributed by atoms with van der Waals surface area (Å²) in [5.41, 5.74) is 1.93. The number of carbonyl (C=O) groups is 1. The van der Waals surface area contributed by atoms with E-state index in [0.717, 1.165) is 12.8 Å². The molecular formula is C16H19N3O2. The van der Waals surface area contributed by atoms with Crippen LogP contribution in [-0.2, 0) is 6.42 Å². The van der Waals surface area contributed by atoms with Gasteiger partial charge >= 0.3 is 5.97 Å². The molecule has 0 aliphatic carbocycles. The van der Waals surface area contributed by atoms with Crippen molar-refractivity contribution in [3.63, 3.8) is 0 Å². The monoisotopic (exact) mass is 285 g/mol. The molecule has 0 aliphatic heterocycles. The van der Waals surface area contributed by atoms with Crippen LogP contribution in [0.25, 0.3) is 0 Å². The van der Waals surface area contributed by atoms with Crippen LogP contribution in [-0.4, -0.2) is 27.1 Å². The summed E-state index contributed by atoms with van der Waals surface area (Å²) in [5, 5.41) is 12.2. The third-order valence-corrected chi connectivity index (χ3v) is 3.16. The first kappa shape index (κ1) is 15.0. The minimum Gasteiger partial charge on any atom is -0.477 e. The molecule has 2 rings (SSSR count). The van der Waals surface area contributed by atoms with Crippen LogP contribution in [0.5, 0.6) is 0 Å². The van der Waals surface area contributed by atoms with Gasteiger partial charge in [0, 0.05) is 11.7 Å². The van der Waals surface area contributed by atoms with Crippen LogP contribution >= 0.6 is 0 Å². The lowest BCUT2D eigenvalue weighted by atomic mass is 10.1. The number of aryl methyl sites for hydroxylation is 2. The Bertz CT molecular complexity index is 614. The fraction of sp³-hybridized carbons (Fsp3) is 0.312. The second-order valence-corrected chi connectivity index (χ2v) is 5.09. The SMILES string of the molecule is Cc1cc(C(=O)O)nc(NC(C)CCc2ccccc2)n1. The van der Waals surface area contributed by atoms with E-state index in [0.29, 0.717) is 11.6 Å². The highest BCUT2D eigenvalue weighted by Gasteiger charge is 2.10. The molecule has 0 saturated heterocycles.